The van der Waals surface area contributed by atoms with E-state index in [1.165, 1.54) is 22.7 Å². The standard InChI is InChI=1S/C17H30N4OS.HI/c1-13(2)9-16-19-10-15(23-16)11-20-17(18-3)21(4)7-8-22-12-14-5-6-14;/h10,13-14H,5-9,11-12H2,1-4H3,(H,18,20);1H. The molecule has 0 amide bonds. The van der Waals surface area contributed by atoms with Crippen LogP contribution in [0.2, 0.25) is 0 Å². The molecule has 1 fully saturated rings. The average molecular weight is 466 g/mol. The quantitative estimate of drug-likeness (QED) is 0.262. The molecule has 1 heterocycles. The van der Waals surface area contributed by atoms with E-state index in [0.717, 1.165) is 44.6 Å². The maximum atomic E-state index is 5.69. The fourth-order valence-electron chi connectivity index (χ4n) is 2.27. The summed E-state index contributed by atoms with van der Waals surface area (Å²) in [5.41, 5.74) is 0. The maximum Gasteiger partial charge on any atom is 0.193 e. The second kappa shape index (κ2) is 11.3. The SMILES string of the molecule is CN=C(NCc1cnc(CC(C)C)s1)N(C)CCOCC1CC1.I. The van der Waals surface area contributed by atoms with Gasteiger partial charge >= 0.3 is 0 Å². The Morgan fingerprint density at radius 2 is 2.25 bits per heavy atom. The van der Waals surface area contributed by atoms with Gasteiger partial charge in [0.25, 0.3) is 0 Å². The largest absolute Gasteiger partial charge is 0.379 e. The van der Waals surface area contributed by atoms with E-state index in [1.54, 1.807) is 11.3 Å². The molecule has 138 valence electrons. The van der Waals surface area contributed by atoms with Crippen molar-refractivity contribution in [2.24, 2.45) is 16.8 Å². The number of guanidine groups is 1. The smallest absolute Gasteiger partial charge is 0.193 e. The number of halogens is 1. The molecule has 0 aliphatic heterocycles. The lowest BCUT2D eigenvalue weighted by molar-refractivity contribution is 0.115. The molecule has 7 heteroatoms. The van der Waals surface area contributed by atoms with Crippen molar-refractivity contribution in [2.45, 2.75) is 39.7 Å². The summed E-state index contributed by atoms with van der Waals surface area (Å²) >= 11 is 1.79. The van der Waals surface area contributed by atoms with E-state index < -0.39 is 0 Å². The van der Waals surface area contributed by atoms with Gasteiger partial charge in [-0.1, -0.05) is 13.8 Å². The summed E-state index contributed by atoms with van der Waals surface area (Å²) in [6, 6.07) is 0. The first-order valence-electron chi connectivity index (χ1n) is 8.51. The Hall–Kier alpha value is -0.410. The molecule has 0 radical (unpaired) electrons. The van der Waals surface area contributed by atoms with Crippen LogP contribution in [-0.4, -0.2) is 49.7 Å². The normalized spacial score (nSPS) is 14.6. The highest BCUT2D eigenvalue weighted by Crippen LogP contribution is 2.28. The van der Waals surface area contributed by atoms with E-state index in [1.807, 2.05) is 20.3 Å². The minimum atomic E-state index is 0. The van der Waals surface area contributed by atoms with Crippen LogP contribution in [0.3, 0.4) is 0 Å². The minimum Gasteiger partial charge on any atom is -0.379 e. The van der Waals surface area contributed by atoms with Gasteiger partial charge in [0.15, 0.2) is 5.96 Å². The third kappa shape index (κ3) is 8.11. The molecule has 1 saturated carbocycles. The van der Waals surface area contributed by atoms with Crippen LogP contribution < -0.4 is 5.32 Å². The lowest BCUT2D eigenvalue weighted by Gasteiger charge is -2.21. The zero-order valence-corrected chi connectivity index (χ0v) is 18.4. The summed E-state index contributed by atoms with van der Waals surface area (Å²) < 4.78 is 5.69. The molecule has 0 atom stereocenters. The highest BCUT2D eigenvalue weighted by molar-refractivity contribution is 14.0. The van der Waals surface area contributed by atoms with Crippen LogP contribution in [0.15, 0.2) is 11.2 Å². The number of likely N-dealkylation sites (N-methyl/N-ethyl adjacent to an activating group) is 1. The van der Waals surface area contributed by atoms with Crippen molar-refractivity contribution in [1.82, 2.24) is 15.2 Å². The first-order valence-corrected chi connectivity index (χ1v) is 9.33. The molecule has 1 aromatic heterocycles. The first kappa shape index (κ1) is 21.6. The number of hydrogen-bond acceptors (Lipinski definition) is 4. The third-order valence-corrected chi connectivity index (χ3v) is 4.82. The van der Waals surface area contributed by atoms with Crippen LogP contribution in [0.5, 0.6) is 0 Å². The van der Waals surface area contributed by atoms with E-state index in [2.05, 4.69) is 34.0 Å². The average Bonchev–Trinajstić information content (AvgIpc) is 3.23. The van der Waals surface area contributed by atoms with Gasteiger partial charge in [0.1, 0.15) is 0 Å². The highest BCUT2D eigenvalue weighted by Gasteiger charge is 2.21. The molecule has 5 nitrogen and oxygen atoms in total. The van der Waals surface area contributed by atoms with Crippen molar-refractivity contribution >= 4 is 41.3 Å². The Morgan fingerprint density at radius 1 is 1.50 bits per heavy atom. The zero-order valence-electron chi connectivity index (χ0n) is 15.2. The van der Waals surface area contributed by atoms with E-state index in [0.29, 0.717) is 5.92 Å². The van der Waals surface area contributed by atoms with Crippen LogP contribution in [0.25, 0.3) is 0 Å². The molecule has 0 bridgehead atoms. The van der Waals surface area contributed by atoms with Crippen molar-refractivity contribution in [2.75, 3.05) is 33.9 Å². The molecule has 1 aromatic rings. The summed E-state index contributed by atoms with van der Waals surface area (Å²) in [5, 5.41) is 4.62. The lowest BCUT2D eigenvalue weighted by Crippen LogP contribution is -2.40. The van der Waals surface area contributed by atoms with Gasteiger partial charge in [-0.3, -0.25) is 4.99 Å². The first-order chi connectivity index (χ1) is 11.1. The van der Waals surface area contributed by atoms with Gasteiger partial charge in [0, 0.05) is 44.7 Å². The van der Waals surface area contributed by atoms with Crippen molar-refractivity contribution < 1.29 is 4.74 Å². The van der Waals surface area contributed by atoms with Gasteiger partial charge in [-0.2, -0.15) is 0 Å². The van der Waals surface area contributed by atoms with E-state index >= 15 is 0 Å². The zero-order chi connectivity index (χ0) is 16.7. The molecule has 0 spiro atoms. The summed E-state index contributed by atoms with van der Waals surface area (Å²) in [7, 11) is 3.87. The number of nitrogens with zero attached hydrogens (tertiary/aromatic N) is 3. The maximum absolute atomic E-state index is 5.69. The molecule has 2 rings (SSSR count). The Bertz CT molecular complexity index is 503. The van der Waals surface area contributed by atoms with Gasteiger partial charge in [-0.15, -0.1) is 35.3 Å². The van der Waals surface area contributed by atoms with Gasteiger partial charge in [-0.25, -0.2) is 4.98 Å². The van der Waals surface area contributed by atoms with E-state index in [9.17, 15) is 0 Å². The fraction of sp³-hybridized carbons (Fsp3) is 0.765. The number of nitrogens with one attached hydrogen (secondary N) is 1. The summed E-state index contributed by atoms with van der Waals surface area (Å²) in [5.74, 6) is 2.37. The molecular weight excluding hydrogens is 435 g/mol. The second-order valence-electron chi connectivity index (χ2n) is 6.66. The van der Waals surface area contributed by atoms with Crippen LogP contribution in [0.4, 0.5) is 0 Å². The van der Waals surface area contributed by atoms with Crippen molar-refractivity contribution in [3.8, 4) is 0 Å². The number of ether oxygens (including phenoxy) is 1. The summed E-state index contributed by atoms with van der Waals surface area (Å²) in [6.45, 7) is 7.75. The molecule has 0 unspecified atom stereocenters. The number of thiazole rings is 1. The molecule has 0 aromatic carbocycles. The Labute approximate surface area is 167 Å². The summed E-state index contributed by atoms with van der Waals surface area (Å²) in [4.78, 5) is 12.2. The predicted molar refractivity (Wildman–Crippen MR) is 112 cm³/mol. The molecule has 1 aliphatic carbocycles. The van der Waals surface area contributed by atoms with Crippen LogP contribution in [0, 0.1) is 11.8 Å². The predicted octanol–water partition coefficient (Wildman–Crippen LogP) is 3.39. The number of rotatable bonds is 9. The highest BCUT2D eigenvalue weighted by atomic mass is 127. The topological polar surface area (TPSA) is 49.8 Å². The van der Waals surface area contributed by atoms with Crippen molar-refractivity contribution in [3.63, 3.8) is 0 Å². The summed E-state index contributed by atoms with van der Waals surface area (Å²) in [6.07, 6.45) is 5.71. The number of hydrogen-bond donors (Lipinski definition) is 1. The number of aromatic nitrogens is 1. The molecule has 1 N–H and O–H groups in total. The molecular formula is C17H31IN4OS. The van der Waals surface area contributed by atoms with Gasteiger partial charge < -0.3 is 15.0 Å². The van der Waals surface area contributed by atoms with Gasteiger partial charge in [-0.05, 0) is 24.7 Å². The minimum absolute atomic E-state index is 0. The van der Waals surface area contributed by atoms with Crippen molar-refractivity contribution in [1.29, 1.82) is 0 Å². The molecule has 0 saturated heterocycles. The second-order valence-corrected chi connectivity index (χ2v) is 7.86. The fourth-order valence-corrected chi connectivity index (χ4v) is 3.34. The Kier molecular flexibility index (Phi) is 10.1. The lowest BCUT2D eigenvalue weighted by atomic mass is 10.1. The number of aliphatic imine (C=N–C) groups is 1. The van der Waals surface area contributed by atoms with Crippen LogP contribution in [0.1, 0.15) is 36.6 Å². The van der Waals surface area contributed by atoms with Gasteiger partial charge in [0.05, 0.1) is 18.2 Å². The molecule has 24 heavy (non-hydrogen) atoms. The van der Waals surface area contributed by atoms with Crippen molar-refractivity contribution in [3.05, 3.63) is 16.1 Å². The Balaban J connectivity index is 0.00000288. The molecule has 1 aliphatic rings. The van der Waals surface area contributed by atoms with Crippen LogP contribution >= 0.6 is 35.3 Å². The van der Waals surface area contributed by atoms with Crippen LogP contribution in [-0.2, 0) is 17.7 Å². The van der Waals surface area contributed by atoms with Gasteiger partial charge in [0.2, 0.25) is 0 Å². The Morgan fingerprint density at radius 3 is 2.88 bits per heavy atom. The van der Waals surface area contributed by atoms with E-state index in [-0.39, 0.29) is 24.0 Å². The van der Waals surface area contributed by atoms with E-state index in [4.69, 9.17) is 4.74 Å². The monoisotopic (exact) mass is 466 g/mol. The third-order valence-electron chi connectivity index (χ3n) is 3.80.